The molecular weight excluding hydrogens is 256 g/mol. The van der Waals surface area contributed by atoms with Crippen molar-refractivity contribution >= 4 is 21.7 Å². The second-order valence-electron chi connectivity index (χ2n) is 4.31. The number of halogens is 1. The molecule has 1 atom stereocenters. The molecule has 1 aromatic rings. The molecule has 1 unspecified atom stereocenters. The van der Waals surface area contributed by atoms with Gasteiger partial charge in [0.2, 0.25) is 0 Å². The standard InChI is InChI=1S/C11H17BrN2O/c1-7-5-6-13-10(9(7)12)14-11(3,4)8(2)15/h5-6,8,15H,1-4H3,(H,13,14). The monoisotopic (exact) mass is 272 g/mol. The molecule has 0 bridgehead atoms. The summed E-state index contributed by atoms with van der Waals surface area (Å²) in [6, 6.07) is 1.94. The average Bonchev–Trinajstić information content (AvgIpc) is 2.12. The highest BCUT2D eigenvalue weighted by atomic mass is 79.9. The first-order valence-corrected chi connectivity index (χ1v) is 5.71. The van der Waals surface area contributed by atoms with E-state index in [-0.39, 0.29) is 0 Å². The molecule has 84 valence electrons. The van der Waals surface area contributed by atoms with Gasteiger partial charge in [-0.25, -0.2) is 4.98 Å². The van der Waals surface area contributed by atoms with Gasteiger partial charge in [0, 0.05) is 6.20 Å². The quantitative estimate of drug-likeness (QED) is 0.890. The average molecular weight is 273 g/mol. The highest BCUT2D eigenvalue weighted by Gasteiger charge is 2.25. The molecule has 3 nitrogen and oxygen atoms in total. The van der Waals surface area contributed by atoms with Gasteiger partial charge in [-0.05, 0) is 55.3 Å². The lowest BCUT2D eigenvalue weighted by molar-refractivity contribution is 0.133. The Morgan fingerprint density at radius 3 is 2.67 bits per heavy atom. The molecular formula is C11H17BrN2O. The van der Waals surface area contributed by atoms with Crippen LogP contribution in [0.15, 0.2) is 16.7 Å². The molecule has 0 amide bonds. The number of anilines is 1. The summed E-state index contributed by atoms with van der Waals surface area (Å²) in [5, 5.41) is 12.8. The maximum atomic E-state index is 9.60. The number of hydrogen-bond acceptors (Lipinski definition) is 3. The molecule has 1 aromatic heterocycles. The molecule has 15 heavy (non-hydrogen) atoms. The van der Waals surface area contributed by atoms with Crippen molar-refractivity contribution in [3.05, 3.63) is 22.3 Å². The molecule has 0 fully saturated rings. The number of nitrogens with zero attached hydrogens (tertiary/aromatic N) is 1. The summed E-state index contributed by atoms with van der Waals surface area (Å²) in [7, 11) is 0. The third-order valence-electron chi connectivity index (χ3n) is 2.57. The summed E-state index contributed by atoms with van der Waals surface area (Å²) >= 11 is 3.48. The maximum Gasteiger partial charge on any atom is 0.141 e. The van der Waals surface area contributed by atoms with E-state index in [1.165, 1.54) is 0 Å². The van der Waals surface area contributed by atoms with Crippen molar-refractivity contribution in [2.75, 3.05) is 5.32 Å². The van der Waals surface area contributed by atoms with Gasteiger partial charge in [0.25, 0.3) is 0 Å². The molecule has 1 rings (SSSR count). The highest BCUT2D eigenvalue weighted by Crippen LogP contribution is 2.26. The van der Waals surface area contributed by atoms with Crippen molar-refractivity contribution in [1.29, 1.82) is 0 Å². The Hall–Kier alpha value is -0.610. The van der Waals surface area contributed by atoms with Crippen LogP contribution in [0.5, 0.6) is 0 Å². The zero-order chi connectivity index (χ0) is 11.6. The number of nitrogens with one attached hydrogen (secondary N) is 1. The second-order valence-corrected chi connectivity index (χ2v) is 5.11. The molecule has 0 aliphatic heterocycles. The van der Waals surface area contributed by atoms with Crippen LogP contribution in [0, 0.1) is 6.92 Å². The minimum atomic E-state index is -0.452. The van der Waals surface area contributed by atoms with Crippen LogP contribution in [0.25, 0.3) is 0 Å². The van der Waals surface area contributed by atoms with Crippen LogP contribution in [0.2, 0.25) is 0 Å². The van der Waals surface area contributed by atoms with Gasteiger partial charge in [0.1, 0.15) is 5.82 Å². The van der Waals surface area contributed by atoms with Crippen LogP contribution >= 0.6 is 15.9 Å². The van der Waals surface area contributed by atoms with Crippen molar-refractivity contribution in [3.63, 3.8) is 0 Å². The maximum absolute atomic E-state index is 9.60. The van der Waals surface area contributed by atoms with Crippen LogP contribution in [-0.2, 0) is 0 Å². The first kappa shape index (κ1) is 12.5. The molecule has 0 saturated heterocycles. The van der Waals surface area contributed by atoms with E-state index in [9.17, 15) is 5.11 Å². The lowest BCUT2D eigenvalue weighted by atomic mass is 9.99. The molecule has 4 heteroatoms. The molecule has 0 spiro atoms. The Morgan fingerprint density at radius 2 is 2.13 bits per heavy atom. The predicted molar refractivity (Wildman–Crippen MR) is 66.1 cm³/mol. The van der Waals surface area contributed by atoms with E-state index >= 15 is 0 Å². The third kappa shape index (κ3) is 2.92. The smallest absolute Gasteiger partial charge is 0.141 e. The van der Waals surface area contributed by atoms with Gasteiger partial charge in [0.05, 0.1) is 16.1 Å². The normalized spacial score (nSPS) is 13.7. The van der Waals surface area contributed by atoms with Crippen LogP contribution in [-0.4, -0.2) is 21.7 Å². The number of hydrogen-bond donors (Lipinski definition) is 2. The molecule has 2 N–H and O–H groups in total. The Balaban J connectivity index is 2.95. The first-order chi connectivity index (χ1) is 6.84. The van der Waals surface area contributed by atoms with Gasteiger partial charge in [-0.15, -0.1) is 0 Å². The lowest BCUT2D eigenvalue weighted by Gasteiger charge is -2.30. The van der Waals surface area contributed by atoms with Gasteiger partial charge in [-0.1, -0.05) is 0 Å². The summed E-state index contributed by atoms with van der Waals surface area (Å²) in [5.74, 6) is 0.765. The van der Waals surface area contributed by atoms with Gasteiger partial charge in [-0.3, -0.25) is 0 Å². The van der Waals surface area contributed by atoms with E-state index in [2.05, 4.69) is 26.2 Å². The van der Waals surface area contributed by atoms with Crippen molar-refractivity contribution in [3.8, 4) is 0 Å². The Morgan fingerprint density at radius 1 is 1.53 bits per heavy atom. The largest absolute Gasteiger partial charge is 0.391 e. The fraction of sp³-hybridized carbons (Fsp3) is 0.545. The SMILES string of the molecule is Cc1ccnc(NC(C)(C)C(C)O)c1Br. The topological polar surface area (TPSA) is 45.2 Å². The van der Waals surface area contributed by atoms with Gasteiger partial charge < -0.3 is 10.4 Å². The number of pyridine rings is 1. The van der Waals surface area contributed by atoms with E-state index in [1.807, 2.05) is 26.8 Å². The van der Waals surface area contributed by atoms with Crippen LogP contribution in [0.1, 0.15) is 26.3 Å². The zero-order valence-electron chi connectivity index (χ0n) is 9.50. The molecule has 0 aromatic carbocycles. The molecule has 0 aliphatic carbocycles. The summed E-state index contributed by atoms with van der Waals surface area (Å²) in [4.78, 5) is 4.24. The number of rotatable bonds is 3. The van der Waals surface area contributed by atoms with Crippen molar-refractivity contribution in [2.24, 2.45) is 0 Å². The van der Waals surface area contributed by atoms with E-state index in [0.29, 0.717) is 0 Å². The van der Waals surface area contributed by atoms with Gasteiger partial charge >= 0.3 is 0 Å². The van der Waals surface area contributed by atoms with Crippen LogP contribution in [0.4, 0.5) is 5.82 Å². The number of aliphatic hydroxyl groups excluding tert-OH is 1. The summed E-state index contributed by atoms with van der Waals surface area (Å²) in [6.45, 7) is 7.64. The summed E-state index contributed by atoms with van der Waals surface area (Å²) < 4.78 is 0.943. The third-order valence-corrected chi connectivity index (χ3v) is 3.57. The molecule has 0 radical (unpaired) electrons. The first-order valence-electron chi connectivity index (χ1n) is 4.92. The minimum Gasteiger partial charge on any atom is -0.391 e. The second kappa shape index (κ2) is 4.49. The number of aromatic nitrogens is 1. The van der Waals surface area contributed by atoms with E-state index in [1.54, 1.807) is 13.1 Å². The van der Waals surface area contributed by atoms with Gasteiger partial charge in [-0.2, -0.15) is 0 Å². The Labute approximate surface area is 99.1 Å². The highest BCUT2D eigenvalue weighted by molar-refractivity contribution is 9.10. The number of aliphatic hydroxyl groups is 1. The molecule has 0 aliphatic rings. The van der Waals surface area contributed by atoms with E-state index in [0.717, 1.165) is 15.9 Å². The molecule has 1 heterocycles. The minimum absolute atomic E-state index is 0.399. The van der Waals surface area contributed by atoms with Crippen LogP contribution < -0.4 is 5.32 Å². The fourth-order valence-electron chi connectivity index (χ4n) is 1.04. The van der Waals surface area contributed by atoms with Gasteiger partial charge in [0.15, 0.2) is 0 Å². The summed E-state index contributed by atoms with van der Waals surface area (Å²) in [5.41, 5.74) is 0.720. The van der Waals surface area contributed by atoms with Crippen molar-refractivity contribution < 1.29 is 5.11 Å². The van der Waals surface area contributed by atoms with Crippen molar-refractivity contribution in [2.45, 2.75) is 39.3 Å². The Kier molecular flexibility index (Phi) is 3.73. The Bertz CT molecular complexity index is 350. The van der Waals surface area contributed by atoms with Crippen LogP contribution in [0.3, 0.4) is 0 Å². The molecule has 0 saturated carbocycles. The van der Waals surface area contributed by atoms with E-state index < -0.39 is 11.6 Å². The number of aryl methyl sites for hydroxylation is 1. The lowest BCUT2D eigenvalue weighted by Crippen LogP contribution is -2.42. The zero-order valence-corrected chi connectivity index (χ0v) is 11.1. The predicted octanol–water partition coefficient (Wildman–Crippen LogP) is 2.72. The van der Waals surface area contributed by atoms with Crippen molar-refractivity contribution in [1.82, 2.24) is 4.98 Å². The summed E-state index contributed by atoms with van der Waals surface area (Å²) in [6.07, 6.45) is 1.30. The fourth-order valence-corrected chi connectivity index (χ4v) is 1.37. The van der Waals surface area contributed by atoms with E-state index in [4.69, 9.17) is 0 Å².